The zero-order valence-electron chi connectivity index (χ0n) is 14.1. The number of thiazole rings is 1. The molecule has 0 aliphatic rings. The van der Waals surface area contributed by atoms with Gasteiger partial charge in [0.2, 0.25) is 11.6 Å². The van der Waals surface area contributed by atoms with Crippen molar-refractivity contribution >= 4 is 49.7 Å². The highest BCUT2D eigenvalue weighted by Crippen LogP contribution is 2.35. The number of benzene rings is 1. The fourth-order valence-electron chi connectivity index (χ4n) is 2.49. The van der Waals surface area contributed by atoms with E-state index in [1.165, 1.54) is 17.7 Å². The van der Waals surface area contributed by atoms with Crippen LogP contribution < -0.4 is 10.6 Å². The van der Waals surface area contributed by atoms with Gasteiger partial charge < -0.3 is 10.6 Å². The third-order valence-electron chi connectivity index (χ3n) is 3.70. The van der Waals surface area contributed by atoms with Gasteiger partial charge in [-0.2, -0.15) is 0 Å². The predicted octanol–water partition coefficient (Wildman–Crippen LogP) is 4.19. The van der Waals surface area contributed by atoms with Crippen LogP contribution in [-0.2, 0) is 0 Å². The Balaban J connectivity index is 1.71. The Morgan fingerprint density at radius 2 is 1.96 bits per heavy atom. The molecule has 3 heterocycles. The monoisotopic (exact) mass is 379 g/mol. The van der Waals surface area contributed by atoms with Crippen molar-refractivity contribution in [3.8, 4) is 0 Å². The van der Waals surface area contributed by atoms with E-state index in [2.05, 4.69) is 30.6 Å². The molecule has 134 valence electrons. The molecule has 0 radical (unpaired) electrons. The number of hydrogen-bond acceptors (Lipinski definition) is 9. The second-order valence-electron chi connectivity index (χ2n) is 5.66. The van der Waals surface area contributed by atoms with Crippen LogP contribution in [0.15, 0.2) is 49.1 Å². The number of nitrogens with zero attached hydrogens (tertiary/aromatic N) is 5. The Morgan fingerprint density at radius 3 is 2.70 bits per heavy atom. The van der Waals surface area contributed by atoms with Crippen LogP contribution in [0.25, 0.3) is 10.2 Å². The van der Waals surface area contributed by atoms with Gasteiger partial charge in [0.1, 0.15) is 6.33 Å². The van der Waals surface area contributed by atoms with Crippen LogP contribution in [0.4, 0.5) is 28.1 Å². The highest BCUT2D eigenvalue weighted by molar-refractivity contribution is 7.22. The smallest absolute Gasteiger partial charge is 0.333 e. The Labute approximate surface area is 157 Å². The average molecular weight is 379 g/mol. The highest BCUT2D eigenvalue weighted by Gasteiger charge is 2.24. The molecule has 0 unspecified atom stereocenters. The molecule has 0 aliphatic carbocycles. The minimum Gasteiger partial charge on any atom is -0.333 e. The minimum absolute atomic E-state index is 0.0668. The number of nitro groups is 1. The normalized spacial score (nSPS) is 10.7. The van der Waals surface area contributed by atoms with E-state index < -0.39 is 4.92 Å². The molecule has 2 N–H and O–H groups in total. The molecule has 0 amide bonds. The molecule has 0 spiro atoms. The van der Waals surface area contributed by atoms with Crippen LogP contribution in [0.3, 0.4) is 0 Å². The number of hydrogen-bond donors (Lipinski definition) is 2. The van der Waals surface area contributed by atoms with Crippen molar-refractivity contribution < 1.29 is 4.92 Å². The number of nitrogens with one attached hydrogen (secondary N) is 2. The van der Waals surface area contributed by atoms with Gasteiger partial charge in [0, 0.05) is 6.20 Å². The summed E-state index contributed by atoms with van der Waals surface area (Å²) in [5, 5.41) is 18.0. The SMILES string of the molecule is Cc1ccc2nc(Nc3ncnc(Nc4cccnc4)c3[N+](=O)[O-])sc2c1. The molecular formula is C17H13N7O2S. The summed E-state index contributed by atoms with van der Waals surface area (Å²) in [7, 11) is 0. The van der Waals surface area contributed by atoms with Crippen LogP contribution in [0.2, 0.25) is 0 Å². The summed E-state index contributed by atoms with van der Waals surface area (Å²) in [6, 6.07) is 9.35. The molecule has 1 aromatic carbocycles. The van der Waals surface area contributed by atoms with Crippen LogP contribution in [0.5, 0.6) is 0 Å². The quantitative estimate of drug-likeness (QED) is 0.391. The largest absolute Gasteiger partial charge is 0.353 e. The molecule has 4 aromatic rings. The Bertz CT molecular complexity index is 1130. The van der Waals surface area contributed by atoms with Gasteiger partial charge >= 0.3 is 5.69 Å². The maximum Gasteiger partial charge on any atom is 0.353 e. The maximum atomic E-state index is 11.7. The van der Waals surface area contributed by atoms with Crippen LogP contribution in [0.1, 0.15) is 5.56 Å². The van der Waals surface area contributed by atoms with Crippen molar-refractivity contribution in [2.45, 2.75) is 6.92 Å². The first-order valence-electron chi connectivity index (χ1n) is 7.91. The molecule has 0 saturated carbocycles. The van der Waals surface area contributed by atoms with Crippen LogP contribution >= 0.6 is 11.3 Å². The standard InChI is InChI=1S/C17H13N7O2S/c1-10-4-5-12-13(7-10)27-17(22-12)23-16-14(24(25)26)15(19-9-20-16)21-11-3-2-6-18-8-11/h2-9H,1H3,(H2,19,20,21,22,23). The van der Waals surface area contributed by atoms with Gasteiger partial charge in [-0.15, -0.1) is 0 Å². The predicted molar refractivity (Wildman–Crippen MR) is 104 cm³/mol. The van der Waals surface area contributed by atoms with Crippen LogP contribution in [-0.4, -0.2) is 24.9 Å². The Morgan fingerprint density at radius 1 is 1.15 bits per heavy atom. The van der Waals surface area contributed by atoms with Gasteiger partial charge in [-0.3, -0.25) is 15.1 Å². The average Bonchev–Trinajstić information content (AvgIpc) is 3.04. The number of rotatable bonds is 5. The summed E-state index contributed by atoms with van der Waals surface area (Å²) in [6.07, 6.45) is 4.42. The zero-order chi connectivity index (χ0) is 18.8. The molecule has 4 rings (SSSR count). The molecule has 0 saturated heterocycles. The van der Waals surface area contributed by atoms with Crippen molar-refractivity contribution in [2.75, 3.05) is 10.6 Å². The van der Waals surface area contributed by atoms with Gasteiger partial charge in [0.25, 0.3) is 0 Å². The number of fused-ring (bicyclic) bond motifs is 1. The van der Waals surface area contributed by atoms with E-state index in [0.29, 0.717) is 10.8 Å². The van der Waals surface area contributed by atoms with Crippen molar-refractivity contribution in [1.82, 2.24) is 19.9 Å². The van der Waals surface area contributed by atoms with E-state index in [0.717, 1.165) is 15.8 Å². The summed E-state index contributed by atoms with van der Waals surface area (Å²) in [5.41, 5.74) is 2.25. The summed E-state index contributed by atoms with van der Waals surface area (Å²) >= 11 is 1.40. The number of aryl methyl sites for hydroxylation is 1. The lowest BCUT2D eigenvalue weighted by atomic mass is 10.2. The second kappa shape index (κ2) is 6.92. The van der Waals surface area contributed by atoms with E-state index in [4.69, 9.17) is 0 Å². The minimum atomic E-state index is -0.529. The lowest BCUT2D eigenvalue weighted by molar-refractivity contribution is -0.383. The van der Waals surface area contributed by atoms with Crippen LogP contribution in [0, 0.1) is 17.0 Å². The number of aromatic nitrogens is 4. The number of anilines is 4. The van der Waals surface area contributed by atoms with Gasteiger partial charge in [-0.05, 0) is 36.8 Å². The fraction of sp³-hybridized carbons (Fsp3) is 0.0588. The van der Waals surface area contributed by atoms with E-state index in [1.54, 1.807) is 24.5 Å². The van der Waals surface area contributed by atoms with E-state index >= 15 is 0 Å². The lowest BCUT2D eigenvalue weighted by Gasteiger charge is -2.08. The first kappa shape index (κ1) is 16.8. The van der Waals surface area contributed by atoms with Crippen molar-refractivity contribution in [3.63, 3.8) is 0 Å². The summed E-state index contributed by atoms with van der Waals surface area (Å²) < 4.78 is 0.989. The summed E-state index contributed by atoms with van der Waals surface area (Å²) in [6.45, 7) is 2.00. The molecule has 0 atom stereocenters. The van der Waals surface area contributed by atoms with E-state index in [1.807, 2.05) is 25.1 Å². The van der Waals surface area contributed by atoms with Crippen molar-refractivity contribution in [2.24, 2.45) is 0 Å². The second-order valence-corrected chi connectivity index (χ2v) is 6.69. The van der Waals surface area contributed by atoms with Gasteiger partial charge in [0.05, 0.1) is 27.0 Å². The molecule has 3 aromatic heterocycles. The van der Waals surface area contributed by atoms with Crippen molar-refractivity contribution in [1.29, 1.82) is 0 Å². The first-order valence-corrected chi connectivity index (χ1v) is 8.72. The molecule has 27 heavy (non-hydrogen) atoms. The fourth-order valence-corrected chi connectivity index (χ4v) is 3.46. The van der Waals surface area contributed by atoms with E-state index in [-0.39, 0.29) is 17.3 Å². The molecular weight excluding hydrogens is 366 g/mol. The third-order valence-corrected chi connectivity index (χ3v) is 4.63. The Kier molecular flexibility index (Phi) is 4.30. The van der Waals surface area contributed by atoms with E-state index in [9.17, 15) is 10.1 Å². The highest BCUT2D eigenvalue weighted by atomic mass is 32.1. The molecule has 9 nitrogen and oxygen atoms in total. The summed E-state index contributed by atoms with van der Waals surface area (Å²) in [5.74, 6) is 0.139. The lowest BCUT2D eigenvalue weighted by Crippen LogP contribution is -2.05. The zero-order valence-corrected chi connectivity index (χ0v) is 14.9. The molecule has 0 aliphatic heterocycles. The molecule has 0 fully saturated rings. The van der Waals surface area contributed by atoms with Gasteiger partial charge in [0.15, 0.2) is 5.13 Å². The summed E-state index contributed by atoms with van der Waals surface area (Å²) in [4.78, 5) is 27.6. The topological polar surface area (TPSA) is 119 Å². The number of pyridine rings is 1. The third kappa shape index (κ3) is 3.51. The Hall–Kier alpha value is -3.66. The van der Waals surface area contributed by atoms with Crippen molar-refractivity contribution in [3.05, 3.63) is 64.7 Å². The molecule has 0 bridgehead atoms. The maximum absolute atomic E-state index is 11.7. The molecule has 10 heteroatoms. The van der Waals surface area contributed by atoms with Gasteiger partial charge in [-0.25, -0.2) is 15.0 Å². The first-order chi connectivity index (χ1) is 13.1. The van der Waals surface area contributed by atoms with Gasteiger partial charge in [-0.1, -0.05) is 17.4 Å².